The Bertz CT molecular complexity index is 538. The molecule has 6 heteroatoms. The van der Waals surface area contributed by atoms with Crippen molar-refractivity contribution in [3.8, 4) is 0 Å². The van der Waals surface area contributed by atoms with Gasteiger partial charge in [-0.25, -0.2) is 4.79 Å². The highest BCUT2D eigenvalue weighted by Crippen LogP contribution is 2.44. The summed E-state index contributed by atoms with van der Waals surface area (Å²) in [5, 5.41) is 3.82. The molecule has 5 nitrogen and oxygen atoms in total. The maximum absolute atomic E-state index is 12.2. The molecule has 1 aromatic rings. The van der Waals surface area contributed by atoms with Gasteiger partial charge in [0.25, 0.3) is 0 Å². The maximum Gasteiger partial charge on any atom is 0.341 e. The molecule has 0 radical (unpaired) electrons. The zero-order valence-electron chi connectivity index (χ0n) is 12.7. The predicted octanol–water partition coefficient (Wildman–Crippen LogP) is 2.95. The minimum absolute atomic E-state index is 0.197. The lowest BCUT2D eigenvalue weighted by atomic mass is 9.87. The molecule has 0 aromatic carbocycles. The summed E-state index contributed by atoms with van der Waals surface area (Å²) in [6, 6.07) is 0. The number of hydrogen-bond acceptors (Lipinski definition) is 6. The van der Waals surface area contributed by atoms with E-state index in [1.54, 1.807) is 20.9 Å². The van der Waals surface area contributed by atoms with Crippen LogP contribution in [0.2, 0.25) is 0 Å². The summed E-state index contributed by atoms with van der Waals surface area (Å²) in [5.41, 5.74) is 1.54. The molecule has 0 bridgehead atoms. The van der Waals surface area contributed by atoms with Crippen LogP contribution in [0, 0.1) is 0 Å². The molecule has 0 spiro atoms. The average Bonchev–Trinajstić information content (AvgIpc) is 2.86. The van der Waals surface area contributed by atoms with Crippen LogP contribution in [0.4, 0.5) is 5.00 Å². The Morgan fingerprint density at radius 1 is 1.29 bits per heavy atom. The molecule has 1 aliphatic carbocycles. The highest BCUT2D eigenvalue weighted by molar-refractivity contribution is 7.17. The standard InChI is InChI=1S/C15H21NO4S/c1-4-19-14(17)10-8-6-7-9-11(15(18)20-5-2)13(16-3)21-12(9)10/h10,16H,4-8H2,1-3H3. The van der Waals surface area contributed by atoms with Crippen molar-refractivity contribution in [3.63, 3.8) is 0 Å². The summed E-state index contributed by atoms with van der Waals surface area (Å²) in [4.78, 5) is 25.3. The molecule has 0 amide bonds. The third-order valence-electron chi connectivity index (χ3n) is 3.55. The number of hydrogen-bond donors (Lipinski definition) is 1. The Kier molecular flexibility index (Phi) is 5.22. The van der Waals surface area contributed by atoms with Crippen LogP contribution in [0.25, 0.3) is 0 Å². The number of ether oxygens (including phenoxy) is 2. The molecule has 2 rings (SSSR count). The van der Waals surface area contributed by atoms with Crippen LogP contribution in [-0.4, -0.2) is 32.2 Å². The molecule has 1 unspecified atom stereocenters. The molecule has 0 saturated carbocycles. The molecule has 116 valence electrons. The zero-order valence-corrected chi connectivity index (χ0v) is 13.5. The Morgan fingerprint density at radius 2 is 2.00 bits per heavy atom. The van der Waals surface area contributed by atoms with Gasteiger partial charge in [0.05, 0.1) is 24.7 Å². The van der Waals surface area contributed by atoms with Crippen molar-refractivity contribution in [1.82, 2.24) is 0 Å². The van der Waals surface area contributed by atoms with Gasteiger partial charge in [0.15, 0.2) is 0 Å². The molecule has 1 aliphatic rings. The Hall–Kier alpha value is -1.56. The van der Waals surface area contributed by atoms with Crippen molar-refractivity contribution in [2.75, 3.05) is 25.6 Å². The molecule has 0 fully saturated rings. The summed E-state index contributed by atoms with van der Waals surface area (Å²) in [7, 11) is 1.78. The van der Waals surface area contributed by atoms with Crippen molar-refractivity contribution in [1.29, 1.82) is 0 Å². The highest BCUT2D eigenvalue weighted by atomic mass is 32.1. The predicted molar refractivity (Wildman–Crippen MR) is 82.1 cm³/mol. The van der Waals surface area contributed by atoms with Crippen LogP contribution in [0.1, 0.15) is 53.4 Å². The average molecular weight is 311 g/mol. The van der Waals surface area contributed by atoms with Crippen molar-refractivity contribution >= 4 is 28.3 Å². The maximum atomic E-state index is 12.2. The molecular weight excluding hydrogens is 290 g/mol. The third-order valence-corrected chi connectivity index (χ3v) is 4.92. The fourth-order valence-corrected chi connectivity index (χ4v) is 4.00. The van der Waals surface area contributed by atoms with E-state index in [0.717, 1.165) is 34.7 Å². The van der Waals surface area contributed by atoms with E-state index >= 15 is 0 Å². The van der Waals surface area contributed by atoms with Gasteiger partial charge in [-0.2, -0.15) is 0 Å². The Labute approximate surface area is 128 Å². The SMILES string of the molecule is CCOC(=O)c1c(NC)sc2c1CCCC2C(=O)OCC. The Morgan fingerprint density at radius 3 is 2.62 bits per heavy atom. The van der Waals surface area contributed by atoms with Crippen LogP contribution < -0.4 is 5.32 Å². The second-order valence-corrected chi connectivity index (χ2v) is 5.87. The van der Waals surface area contributed by atoms with Crippen LogP contribution in [0.15, 0.2) is 0 Å². The summed E-state index contributed by atoms with van der Waals surface area (Å²) in [5.74, 6) is -0.768. The summed E-state index contributed by atoms with van der Waals surface area (Å²) in [6.07, 6.45) is 2.46. The van der Waals surface area contributed by atoms with E-state index < -0.39 is 0 Å². The van der Waals surface area contributed by atoms with Gasteiger partial charge in [0, 0.05) is 11.9 Å². The Balaban J connectivity index is 2.42. The fraction of sp³-hybridized carbons (Fsp3) is 0.600. The largest absolute Gasteiger partial charge is 0.465 e. The quantitative estimate of drug-likeness (QED) is 0.847. The number of esters is 2. The van der Waals surface area contributed by atoms with Crippen LogP contribution in [-0.2, 0) is 20.7 Å². The summed E-state index contributed by atoms with van der Waals surface area (Å²) in [6.45, 7) is 4.31. The van der Waals surface area contributed by atoms with Gasteiger partial charge < -0.3 is 14.8 Å². The number of anilines is 1. The minimum Gasteiger partial charge on any atom is -0.465 e. The topological polar surface area (TPSA) is 64.6 Å². The van der Waals surface area contributed by atoms with E-state index in [1.807, 2.05) is 0 Å². The molecule has 1 heterocycles. The van der Waals surface area contributed by atoms with Crippen LogP contribution in [0.5, 0.6) is 0 Å². The molecule has 1 N–H and O–H groups in total. The molecule has 21 heavy (non-hydrogen) atoms. The molecule has 0 aliphatic heterocycles. The van der Waals surface area contributed by atoms with Crippen molar-refractivity contribution in [2.24, 2.45) is 0 Å². The highest BCUT2D eigenvalue weighted by Gasteiger charge is 2.34. The van der Waals surface area contributed by atoms with Crippen LogP contribution >= 0.6 is 11.3 Å². The summed E-state index contributed by atoms with van der Waals surface area (Å²) >= 11 is 1.47. The lowest BCUT2D eigenvalue weighted by Gasteiger charge is -2.21. The lowest BCUT2D eigenvalue weighted by molar-refractivity contribution is -0.145. The van der Waals surface area contributed by atoms with E-state index in [1.165, 1.54) is 11.3 Å². The smallest absolute Gasteiger partial charge is 0.341 e. The minimum atomic E-state index is -0.316. The van der Waals surface area contributed by atoms with Gasteiger partial charge in [-0.05, 0) is 38.7 Å². The normalized spacial score (nSPS) is 17.0. The summed E-state index contributed by atoms with van der Waals surface area (Å²) < 4.78 is 10.3. The van der Waals surface area contributed by atoms with Gasteiger partial charge in [0.2, 0.25) is 0 Å². The first-order valence-electron chi connectivity index (χ1n) is 7.31. The van der Waals surface area contributed by atoms with Gasteiger partial charge in [0.1, 0.15) is 5.00 Å². The molecule has 1 aromatic heterocycles. The number of nitrogens with one attached hydrogen (secondary N) is 1. The van der Waals surface area contributed by atoms with Crippen LogP contribution in [0.3, 0.4) is 0 Å². The molecular formula is C15H21NO4S. The van der Waals surface area contributed by atoms with E-state index in [9.17, 15) is 9.59 Å². The first-order valence-corrected chi connectivity index (χ1v) is 8.12. The van der Waals surface area contributed by atoms with Gasteiger partial charge in [-0.15, -0.1) is 11.3 Å². The second-order valence-electron chi connectivity index (χ2n) is 4.82. The first-order chi connectivity index (χ1) is 10.1. The van der Waals surface area contributed by atoms with Gasteiger partial charge in [-0.1, -0.05) is 0 Å². The number of carbonyl (C=O) groups is 2. The van der Waals surface area contributed by atoms with Gasteiger partial charge in [-0.3, -0.25) is 4.79 Å². The van der Waals surface area contributed by atoms with E-state index in [0.29, 0.717) is 18.8 Å². The zero-order chi connectivity index (χ0) is 15.4. The van der Waals surface area contributed by atoms with Crippen molar-refractivity contribution in [3.05, 3.63) is 16.0 Å². The lowest BCUT2D eigenvalue weighted by Crippen LogP contribution is -2.20. The number of rotatable bonds is 5. The molecule has 1 atom stereocenters. The molecule has 0 saturated heterocycles. The third kappa shape index (κ3) is 3.05. The first kappa shape index (κ1) is 15.8. The number of thiophene rings is 1. The number of carbonyl (C=O) groups excluding carboxylic acids is 2. The van der Waals surface area contributed by atoms with E-state index in [4.69, 9.17) is 9.47 Å². The van der Waals surface area contributed by atoms with Crippen molar-refractivity contribution < 1.29 is 19.1 Å². The fourth-order valence-electron chi connectivity index (χ4n) is 2.69. The second kappa shape index (κ2) is 6.93. The number of fused-ring (bicyclic) bond motifs is 1. The van der Waals surface area contributed by atoms with Crippen molar-refractivity contribution in [2.45, 2.75) is 39.0 Å². The van der Waals surface area contributed by atoms with Gasteiger partial charge >= 0.3 is 11.9 Å². The van der Waals surface area contributed by atoms with E-state index in [-0.39, 0.29) is 17.9 Å². The monoisotopic (exact) mass is 311 g/mol. The van der Waals surface area contributed by atoms with E-state index in [2.05, 4.69) is 5.32 Å².